The van der Waals surface area contributed by atoms with E-state index in [9.17, 15) is 13.2 Å². The zero-order chi connectivity index (χ0) is 8.27. The van der Waals surface area contributed by atoms with Crippen LogP contribution in [0.5, 0.6) is 0 Å². The molecule has 0 saturated heterocycles. The third-order valence-corrected chi connectivity index (χ3v) is 1.22. The summed E-state index contributed by atoms with van der Waals surface area (Å²) < 4.78 is 34.0. The first-order valence-corrected chi connectivity index (χ1v) is 3.59. The highest BCUT2D eigenvalue weighted by Gasteiger charge is 1.93. The van der Waals surface area contributed by atoms with Crippen molar-refractivity contribution in [2.75, 3.05) is 4.72 Å². The Morgan fingerprint density at radius 2 is 2.09 bits per heavy atom. The Bertz CT molecular complexity index is 265. The van der Waals surface area contributed by atoms with Crippen LogP contribution >= 0.6 is 0 Å². The number of aromatic nitrogens is 2. The molecule has 0 radical (unpaired) electrons. The molecule has 1 N–H and O–H groups in total. The maximum atomic E-state index is 12.0. The van der Waals surface area contributed by atoms with Gasteiger partial charge in [-0.3, -0.25) is 4.21 Å². The minimum Gasteiger partial charge on any atom is -0.755 e. The van der Waals surface area contributed by atoms with Crippen molar-refractivity contribution in [3.8, 4) is 0 Å². The van der Waals surface area contributed by atoms with Crippen LogP contribution in [0.4, 0.5) is 10.1 Å². The summed E-state index contributed by atoms with van der Waals surface area (Å²) in [5.74, 6) is 0. The highest BCUT2D eigenvalue weighted by molar-refractivity contribution is 7.80. The van der Waals surface area contributed by atoms with E-state index >= 15 is 0 Å². The van der Waals surface area contributed by atoms with Crippen LogP contribution in [0, 0.1) is 6.08 Å². The third-order valence-electron chi connectivity index (χ3n) is 0.822. The maximum Gasteiger partial charge on any atom is 0.308 e. The fourth-order valence-corrected chi connectivity index (χ4v) is 0.759. The number of anilines is 1. The second-order valence-corrected chi connectivity index (χ2v) is 2.25. The fourth-order valence-electron chi connectivity index (χ4n) is 0.461. The van der Waals surface area contributed by atoms with Crippen LogP contribution < -0.4 is 4.72 Å². The minimum absolute atomic E-state index is 0.125. The lowest BCUT2D eigenvalue weighted by Crippen LogP contribution is -2.03. The summed E-state index contributed by atoms with van der Waals surface area (Å²) >= 11 is -2.43. The molecular formula is C4H3FN3O2S-. The molecule has 60 valence electrons. The van der Waals surface area contributed by atoms with Gasteiger partial charge in [0.2, 0.25) is 0 Å². The Morgan fingerprint density at radius 1 is 1.55 bits per heavy atom. The Hall–Kier alpha value is -1.08. The Balaban J connectivity index is 2.74. The van der Waals surface area contributed by atoms with E-state index in [1.54, 1.807) is 0 Å². The Kier molecular flexibility index (Phi) is 2.44. The topological polar surface area (TPSA) is 77.9 Å². The number of hydrogen-bond acceptors (Lipinski definition) is 4. The summed E-state index contributed by atoms with van der Waals surface area (Å²) in [4.78, 5) is 6.24. The van der Waals surface area contributed by atoms with Crippen molar-refractivity contribution in [2.24, 2.45) is 0 Å². The van der Waals surface area contributed by atoms with Crippen molar-refractivity contribution in [2.45, 2.75) is 0 Å². The van der Waals surface area contributed by atoms with Crippen LogP contribution in [0.25, 0.3) is 0 Å². The summed E-state index contributed by atoms with van der Waals surface area (Å²) in [5.41, 5.74) is 0.125. The molecule has 0 saturated carbocycles. The van der Waals surface area contributed by atoms with E-state index in [2.05, 4.69) is 9.97 Å². The average Bonchev–Trinajstić information content (AvgIpc) is 1.93. The molecule has 0 spiro atoms. The second-order valence-electron chi connectivity index (χ2n) is 1.58. The number of nitrogens with zero attached hydrogens (tertiary/aromatic N) is 2. The Labute approximate surface area is 64.1 Å². The molecule has 0 fully saturated rings. The molecule has 1 unspecified atom stereocenters. The minimum atomic E-state index is -2.43. The van der Waals surface area contributed by atoms with Crippen molar-refractivity contribution in [1.29, 1.82) is 0 Å². The molecule has 1 aromatic heterocycles. The van der Waals surface area contributed by atoms with Gasteiger partial charge >= 0.3 is 6.08 Å². The van der Waals surface area contributed by atoms with E-state index in [1.165, 1.54) is 0 Å². The van der Waals surface area contributed by atoms with Gasteiger partial charge in [-0.1, -0.05) is 0 Å². The van der Waals surface area contributed by atoms with Crippen LogP contribution in [0.2, 0.25) is 0 Å². The van der Waals surface area contributed by atoms with E-state index in [-0.39, 0.29) is 5.69 Å². The summed E-state index contributed by atoms with van der Waals surface area (Å²) in [7, 11) is 0. The van der Waals surface area contributed by atoms with Gasteiger partial charge in [0.05, 0.1) is 18.1 Å². The van der Waals surface area contributed by atoms with Crippen molar-refractivity contribution < 1.29 is 13.2 Å². The van der Waals surface area contributed by atoms with E-state index in [0.29, 0.717) is 0 Å². The van der Waals surface area contributed by atoms with Crippen LogP contribution in [-0.4, -0.2) is 18.7 Å². The van der Waals surface area contributed by atoms with Gasteiger partial charge in [0, 0.05) is 11.3 Å². The van der Waals surface area contributed by atoms with Crippen molar-refractivity contribution in [3.63, 3.8) is 0 Å². The van der Waals surface area contributed by atoms with Gasteiger partial charge < -0.3 is 9.27 Å². The van der Waals surface area contributed by atoms with Gasteiger partial charge in [-0.2, -0.15) is 4.39 Å². The molecule has 7 heteroatoms. The van der Waals surface area contributed by atoms with Crippen LogP contribution in [0.15, 0.2) is 12.4 Å². The van der Waals surface area contributed by atoms with Crippen molar-refractivity contribution >= 4 is 17.0 Å². The second kappa shape index (κ2) is 3.35. The van der Waals surface area contributed by atoms with Gasteiger partial charge in [-0.05, 0) is 0 Å². The number of nitrogens with one attached hydrogen (secondary N) is 1. The van der Waals surface area contributed by atoms with E-state index in [0.717, 1.165) is 12.4 Å². The first-order valence-electron chi connectivity index (χ1n) is 2.52. The predicted octanol–water partition coefficient (Wildman–Crippen LogP) is -0.178. The predicted molar refractivity (Wildman–Crippen MR) is 34.5 cm³/mol. The number of rotatable bonds is 2. The molecular weight excluding hydrogens is 173 g/mol. The zero-order valence-electron chi connectivity index (χ0n) is 5.15. The molecule has 1 heterocycles. The zero-order valence-corrected chi connectivity index (χ0v) is 5.97. The lowest BCUT2D eigenvalue weighted by atomic mass is 10.6. The molecule has 1 aromatic rings. The van der Waals surface area contributed by atoms with Gasteiger partial charge in [0.15, 0.2) is 0 Å². The third kappa shape index (κ3) is 2.56. The Morgan fingerprint density at radius 3 is 2.55 bits per heavy atom. The van der Waals surface area contributed by atoms with Crippen molar-refractivity contribution in [1.82, 2.24) is 9.97 Å². The quantitative estimate of drug-likeness (QED) is 0.501. The number of hydrogen-bond donors (Lipinski definition) is 1. The largest absolute Gasteiger partial charge is 0.755 e. The smallest absolute Gasteiger partial charge is 0.308 e. The molecule has 1 atom stereocenters. The number of halogens is 1. The molecule has 0 aliphatic carbocycles. The van der Waals surface area contributed by atoms with E-state index in [4.69, 9.17) is 0 Å². The molecule has 11 heavy (non-hydrogen) atoms. The first kappa shape index (κ1) is 8.02. The van der Waals surface area contributed by atoms with Gasteiger partial charge in [-0.15, -0.1) is 0 Å². The maximum absolute atomic E-state index is 12.0. The van der Waals surface area contributed by atoms with Crippen LogP contribution in [0.3, 0.4) is 0 Å². The average molecular weight is 176 g/mol. The molecule has 0 amide bonds. The van der Waals surface area contributed by atoms with Gasteiger partial charge in [0.25, 0.3) is 0 Å². The summed E-state index contributed by atoms with van der Waals surface area (Å²) in [5, 5.41) is 0. The monoisotopic (exact) mass is 176 g/mol. The molecule has 0 aromatic carbocycles. The highest BCUT2D eigenvalue weighted by Crippen LogP contribution is 2.01. The van der Waals surface area contributed by atoms with E-state index < -0.39 is 17.3 Å². The molecule has 0 bridgehead atoms. The normalized spacial score (nSPS) is 12.5. The first-order chi connectivity index (χ1) is 5.18. The fraction of sp³-hybridized carbons (Fsp3) is 0. The standard InChI is InChI=1S/C4H4FN3O2S/c5-4-6-1-3(2-7-4)8-11(9)10/h1-2,8H,(H,9,10)/p-1. The van der Waals surface area contributed by atoms with Crippen LogP contribution in [-0.2, 0) is 11.3 Å². The molecule has 5 nitrogen and oxygen atoms in total. The molecule has 1 rings (SSSR count). The van der Waals surface area contributed by atoms with Gasteiger partial charge in [-0.25, -0.2) is 9.97 Å². The lowest BCUT2D eigenvalue weighted by molar-refractivity contribution is 0.536. The lowest BCUT2D eigenvalue weighted by Gasteiger charge is -2.05. The summed E-state index contributed by atoms with van der Waals surface area (Å²) in [6.07, 6.45) is 1.16. The van der Waals surface area contributed by atoms with Crippen molar-refractivity contribution in [3.05, 3.63) is 18.5 Å². The molecule has 0 aliphatic rings. The highest BCUT2D eigenvalue weighted by atomic mass is 32.2. The molecule has 0 aliphatic heterocycles. The van der Waals surface area contributed by atoms with E-state index in [1.807, 2.05) is 4.72 Å². The SMILES string of the molecule is O=S([O-])Nc1cnc(F)nc1. The van der Waals surface area contributed by atoms with Gasteiger partial charge in [0.1, 0.15) is 0 Å². The van der Waals surface area contributed by atoms with Crippen LogP contribution in [0.1, 0.15) is 0 Å². The summed E-state index contributed by atoms with van der Waals surface area (Å²) in [6.45, 7) is 0. The summed E-state index contributed by atoms with van der Waals surface area (Å²) in [6, 6.07) is 0.